The summed E-state index contributed by atoms with van der Waals surface area (Å²) in [7, 11) is -2.96. The number of allylic oxidation sites excluding steroid dienone is 1. The van der Waals surface area contributed by atoms with Gasteiger partial charge in [0.15, 0.2) is 5.60 Å². The third-order valence-electron chi connectivity index (χ3n) is 11.1. The van der Waals surface area contributed by atoms with Crippen LogP contribution in [0.25, 0.3) is 10.8 Å². The van der Waals surface area contributed by atoms with Crippen LogP contribution in [0.3, 0.4) is 0 Å². The second kappa shape index (κ2) is 15.9. The molecule has 1 aromatic carbocycles. The summed E-state index contributed by atoms with van der Waals surface area (Å²) in [5.74, 6) is -2.73. The third kappa shape index (κ3) is 8.49. The quantitative estimate of drug-likeness (QED) is 0.296. The van der Waals surface area contributed by atoms with Crippen LogP contribution in [0.15, 0.2) is 42.6 Å². The number of pyridine rings is 1. The molecule has 3 fully saturated rings. The summed E-state index contributed by atoms with van der Waals surface area (Å²) >= 11 is 0. The Morgan fingerprint density at radius 3 is 2.51 bits per heavy atom. The van der Waals surface area contributed by atoms with Gasteiger partial charge in [-0.2, -0.15) is 0 Å². The number of aromatic nitrogens is 1. The fourth-order valence-electron chi connectivity index (χ4n) is 7.25. The van der Waals surface area contributed by atoms with Gasteiger partial charge in [0.1, 0.15) is 40.9 Å². The molecule has 1 saturated heterocycles. The van der Waals surface area contributed by atoms with Crippen molar-refractivity contribution in [3.05, 3.63) is 42.6 Å². The number of nitrogens with one attached hydrogen (secondary N) is 3. The predicted molar refractivity (Wildman–Crippen MR) is 199 cm³/mol. The van der Waals surface area contributed by atoms with E-state index in [4.69, 9.17) is 18.9 Å². The number of rotatable bonds is 10. The van der Waals surface area contributed by atoms with Crippen LogP contribution in [-0.4, -0.2) is 115 Å². The number of ether oxygens (including phenoxy) is 4. The summed E-state index contributed by atoms with van der Waals surface area (Å²) in [4.78, 5) is 61.6. The van der Waals surface area contributed by atoms with Crippen molar-refractivity contribution in [2.45, 2.75) is 119 Å². The Hall–Kier alpha value is -4.65. The van der Waals surface area contributed by atoms with Crippen LogP contribution in [0.5, 0.6) is 11.6 Å². The van der Waals surface area contributed by atoms with Gasteiger partial charge in [-0.05, 0) is 65.9 Å². The number of amides is 4. The Morgan fingerprint density at radius 2 is 1.86 bits per heavy atom. The lowest BCUT2D eigenvalue weighted by Gasteiger charge is -2.33. The lowest BCUT2D eigenvalue weighted by atomic mass is 10.1. The molecule has 6 rings (SSSR count). The number of methoxy groups -OCH3 is 1. The van der Waals surface area contributed by atoms with E-state index in [2.05, 4.69) is 15.6 Å². The number of nitrogens with zero attached hydrogens (tertiary/aromatic N) is 2. The van der Waals surface area contributed by atoms with E-state index in [1.165, 1.54) is 20.2 Å². The van der Waals surface area contributed by atoms with Crippen LogP contribution in [0.1, 0.15) is 66.2 Å². The monoisotopic (exact) mass is 823 g/mol. The first-order valence-electron chi connectivity index (χ1n) is 18.8. The second-order valence-corrected chi connectivity index (χ2v) is 17.8. The second-order valence-electron chi connectivity index (χ2n) is 15.8. The van der Waals surface area contributed by atoms with E-state index in [0.29, 0.717) is 29.4 Å². The molecule has 312 valence electrons. The third-order valence-corrected chi connectivity index (χ3v) is 13.2. The normalized spacial score (nSPS) is 29.0. The number of fused-ring (bicyclic) bond motifs is 3. The van der Waals surface area contributed by atoms with Gasteiger partial charge in [0, 0.05) is 23.1 Å². The largest absolute Gasteiger partial charge is 0.494 e. The molecule has 0 bridgehead atoms. The van der Waals surface area contributed by atoms with Crippen LogP contribution in [0, 0.1) is 5.92 Å². The lowest BCUT2D eigenvalue weighted by molar-refractivity contribution is -0.145. The predicted octanol–water partition coefficient (Wildman–Crippen LogP) is 3.70. The highest BCUT2D eigenvalue weighted by Crippen LogP contribution is 2.48. The highest BCUT2D eigenvalue weighted by atomic mass is 32.2. The Kier molecular flexibility index (Phi) is 11.7. The first-order chi connectivity index (χ1) is 26.9. The molecular weight excluding hydrogens is 776 g/mol. The maximum atomic E-state index is 14.7. The Labute approximate surface area is 328 Å². The number of sulfonamides is 1. The number of hydrogen-bond donors (Lipinski definition) is 3. The van der Waals surface area contributed by atoms with Crippen LogP contribution < -0.4 is 24.8 Å². The van der Waals surface area contributed by atoms with Gasteiger partial charge < -0.3 is 34.5 Å². The van der Waals surface area contributed by atoms with E-state index in [1.807, 2.05) is 4.72 Å². The summed E-state index contributed by atoms with van der Waals surface area (Å²) in [6.07, 6.45) is -1.19. The van der Waals surface area contributed by atoms with Crippen molar-refractivity contribution in [2.24, 2.45) is 5.92 Å². The number of benzene rings is 1. The standard InChI is InChI=1S/C38H48F3N5O10S/c1-21-10-6-7-11-23-17-38(23,34(49)45-57(51,52)37(20-39)14-15-37)44-30(47)27-16-24(55-31-26-13-9-8-12-25(26)28(53-5)18-42-31)19-46(27)32(48)29(22(2)54-21)43-35(50)56-36(3,4)33(40)41/h7-9,11-13,18,21-24,27,29,33H,6,10,14-17,19-20H2,1-5H3,(H,43,50)(H,44,47)(H,45,49)/t21-,22+,23-,24-,27+,29+,38-/m1/s1. The van der Waals surface area contributed by atoms with E-state index < -0.39 is 99.1 Å². The van der Waals surface area contributed by atoms with Gasteiger partial charge in [0.2, 0.25) is 27.7 Å². The zero-order chi connectivity index (χ0) is 41.5. The summed E-state index contributed by atoms with van der Waals surface area (Å²) in [6, 6.07) is 4.19. The minimum absolute atomic E-state index is 0.0145. The Bertz CT molecular complexity index is 2030. The molecule has 1 aromatic heterocycles. The van der Waals surface area contributed by atoms with Crippen LogP contribution in [-0.2, 0) is 33.9 Å². The number of carbonyl (C=O) groups excluding carboxylic acids is 4. The zero-order valence-corrected chi connectivity index (χ0v) is 33.1. The number of carbonyl (C=O) groups is 4. The molecular formula is C38H48F3N5O10S. The van der Waals surface area contributed by atoms with E-state index in [1.54, 1.807) is 43.3 Å². The molecule has 3 N–H and O–H groups in total. The summed E-state index contributed by atoms with van der Waals surface area (Å²) in [5.41, 5.74) is -3.97. The Balaban J connectivity index is 1.35. The molecule has 3 heterocycles. The maximum Gasteiger partial charge on any atom is 0.408 e. The van der Waals surface area contributed by atoms with Gasteiger partial charge in [-0.3, -0.25) is 19.1 Å². The molecule has 0 radical (unpaired) electrons. The molecule has 4 aliphatic rings. The number of halogens is 3. The summed E-state index contributed by atoms with van der Waals surface area (Å²) in [6.45, 7) is 3.84. The van der Waals surface area contributed by atoms with Crippen molar-refractivity contribution in [2.75, 3.05) is 20.3 Å². The number of hydrogen-bond acceptors (Lipinski definition) is 11. The SMILES string of the molecule is COc1cnc(O[C@@H]2C[C@H]3C(=O)N[C@]4(C(=O)NS(=O)(=O)C5(CF)CC5)C[C@H]4C=CCC[C@@H](C)O[C@@H](C)[C@H](NC(=O)OC(C)(C)C(F)F)C(=O)N3C2)c2ccccc12. The first kappa shape index (κ1) is 42.0. The van der Waals surface area contributed by atoms with Gasteiger partial charge in [0.05, 0.1) is 32.1 Å². The van der Waals surface area contributed by atoms with Crippen molar-refractivity contribution in [1.82, 2.24) is 25.2 Å². The smallest absolute Gasteiger partial charge is 0.408 e. The molecule has 2 aliphatic carbocycles. The van der Waals surface area contributed by atoms with Crippen molar-refractivity contribution < 1.29 is 59.7 Å². The van der Waals surface area contributed by atoms with E-state index in [-0.39, 0.29) is 38.1 Å². The van der Waals surface area contributed by atoms with E-state index in [9.17, 15) is 40.8 Å². The van der Waals surface area contributed by atoms with Gasteiger partial charge in [-0.25, -0.2) is 31.4 Å². The summed E-state index contributed by atoms with van der Waals surface area (Å²) < 4.78 is 90.7. The average molecular weight is 824 g/mol. The Morgan fingerprint density at radius 1 is 1.16 bits per heavy atom. The number of alkyl halides is 3. The fourth-order valence-corrected chi connectivity index (χ4v) is 8.68. The highest BCUT2D eigenvalue weighted by Gasteiger charge is 2.64. The lowest BCUT2D eigenvalue weighted by Crippen LogP contribution is -2.60. The van der Waals surface area contributed by atoms with E-state index >= 15 is 0 Å². The molecule has 2 aliphatic heterocycles. The topological polar surface area (TPSA) is 192 Å². The fraction of sp³-hybridized carbons (Fsp3) is 0.605. The molecule has 0 unspecified atom stereocenters. The van der Waals surface area contributed by atoms with Gasteiger partial charge in [-0.15, -0.1) is 0 Å². The first-order valence-corrected chi connectivity index (χ1v) is 20.3. The van der Waals surface area contributed by atoms with Crippen LogP contribution >= 0.6 is 0 Å². The molecule has 7 atom stereocenters. The van der Waals surface area contributed by atoms with Crippen molar-refractivity contribution in [1.29, 1.82) is 0 Å². The molecule has 19 heteroatoms. The van der Waals surface area contributed by atoms with E-state index in [0.717, 1.165) is 18.7 Å². The minimum Gasteiger partial charge on any atom is -0.494 e. The molecule has 2 aromatic rings. The van der Waals surface area contributed by atoms with Crippen LogP contribution in [0.2, 0.25) is 0 Å². The van der Waals surface area contributed by atoms with Gasteiger partial charge in [-0.1, -0.05) is 30.4 Å². The summed E-state index contributed by atoms with van der Waals surface area (Å²) in [5, 5.41) is 6.35. The van der Waals surface area contributed by atoms with Crippen molar-refractivity contribution in [3.63, 3.8) is 0 Å². The van der Waals surface area contributed by atoms with Crippen molar-refractivity contribution in [3.8, 4) is 11.6 Å². The highest BCUT2D eigenvalue weighted by molar-refractivity contribution is 7.91. The maximum absolute atomic E-state index is 14.7. The molecule has 15 nitrogen and oxygen atoms in total. The zero-order valence-electron chi connectivity index (χ0n) is 32.3. The number of alkyl carbamates (subject to hydrolysis) is 1. The molecule has 4 amide bonds. The molecule has 57 heavy (non-hydrogen) atoms. The molecule has 0 spiro atoms. The molecule has 2 saturated carbocycles. The minimum atomic E-state index is -4.45. The average Bonchev–Trinajstić information content (AvgIpc) is 4.06. The van der Waals surface area contributed by atoms with Gasteiger partial charge in [0.25, 0.3) is 12.3 Å². The van der Waals surface area contributed by atoms with Crippen LogP contribution in [0.4, 0.5) is 18.0 Å². The van der Waals surface area contributed by atoms with Gasteiger partial charge >= 0.3 is 6.09 Å². The van der Waals surface area contributed by atoms with Crippen molar-refractivity contribution >= 4 is 44.6 Å².